The Hall–Kier alpha value is -2.18. The van der Waals surface area contributed by atoms with Crippen LogP contribution in [0.5, 0.6) is 0 Å². The molecule has 64 valence electrons. The number of nitrogens with two attached hydrogens (primary N) is 1. The number of rotatable bonds is 0. The predicted octanol–water partition coefficient (Wildman–Crippen LogP) is -0.417. The van der Waals surface area contributed by atoms with Gasteiger partial charge in [-0.15, -0.1) is 10.2 Å². The highest BCUT2D eigenvalue weighted by atomic mass is 15.3. The maximum absolute atomic E-state index is 5.65. The Kier molecular flexibility index (Phi) is 0.950. The number of H-pyrrole nitrogens is 1. The second-order valence-corrected chi connectivity index (χ2v) is 2.59. The Morgan fingerprint density at radius 1 is 1.46 bits per heavy atom. The van der Waals surface area contributed by atoms with E-state index in [4.69, 9.17) is 5.73 Å². The maximum Gasteiger partial charge on any atom is 0.209 e. The van der Waals surface area contributed by atoms with Gasteiger partial charge in [-0.25, -0.2) is 9.38 Å². The number of fused-ring (bicyclic) bond motifs is 3. The minimum atomic E-state index is 0.344. The molecule has 0 radical (unpaired) electrons. The largest absolute Gasteiger partial charge is 0.369 e. The first-order chi connectivity index (χ1) is 6.36. The molecule has 0 aliphatic heterocycles. The number of nitrogens with one attached hydrogen (secondary N) is 1. The van der Waals surface area contributed by atoms with Crippen molar-refractivity contribution in [2.75, 3.05) is 5.73 Å². The smallest absolute Gasteiger partial charge is 0.209 e. The van der Waals surface area contributed by atoms with Crippen LogP contribution in [-0.4, -0.2) is 29.5 Å². The van der Waals surface area contributed by atoms with Crippen LogP contribution in [0.2, 0.25) is 0 Å². The van der Waals surface area contributed by atoms with Gasteiger partial charge in [0.1, 0.15) is 6.33 Å². The van der Waals surface area contributed by atoms with Gasteiger partial charge in [0, 0.05) is 0 Å². The molecule has 3 aromatic heterocycles. The summed E-state index contributed by atoms with van der Waals surface area (Å²) in [6, 6.07) is 0. The summed E-state index contributed by atoms with van der Waals surface area (Å²) in [5.74, 6) is 0.344. The van der Waals surface area contributed by atoms with Gasteiger partial charge in [0.2, 0.25) is 5.95 Å². The highest BCUT2D eigenvalue weighted by Crippen LogP contribution is 2.14. The molecule has 0 aromatic carbocycles. The number of imidazole rings is 1. The minimum Gasteiger partial charge on any atom is -0.369 e. The summed E-state index contributed by atoms with van der Waals surface area (Å²) in [5, 5.41) is 7.62. The summed E-state index contributed by atoms with van der Waals surface area (Å²) >= 11 is 0. The highest BCUT2D eigenvalue weighted by Gasteiger charge is 2.08. The summed E-state index contributed by atoms with van der Waals surface area (Å²) in [7, 11) is 0. The third-order valence-electron chi connectivity index (χ3n) is 1.85. The van der Waals surface area contributed by atoms with Gasteiger partial charge >= 0.3 is 0 Å². The molecule has 0 atom stereocenters. The van der Waals surface area contributed by atoms with Gasteiger partial charge in [0.25, 0.3) is 0 Å². The number of hydrogen-bond acceptors (Lipinski definition) is 5. The first-order valence-electron chi connectivity index (χ1n) is 3.64. The normalized spacial score (nSPS) is 11.4. The van der Waals surface area contributed by atoms with Crippen molar-refractivity contribution >= 4 is 22.8 Å². The van der Waals surface area contributed by atoms with E-state index in [1.54, 1.807) is 10.7 Å². The zero-order chi connectivity index (χ0) is 8.84. The molecule has 3 aromatic rings. The predicted molar refractivity (Wildman–Crippen MR) is 44.8 cm³/mol. The molecule has 0 bridgehead atoms. The van der Waals surface area contributed by atoms with Crippen LogP contribution in [0.4, 0.5) is 5.95 Å². The summed E-state index contributed by atoms with van der Waals surface area (Å²) in [6.07, 6.45) is 3.05. The van der Waals surface area contributed by atoms with Crippen LogP contribution < -0.4 is 5.73 Å². The SMILES string of the molecule is Nc1nc2[nH]cnc2c2nncn12. The van der Waals surface area contributed by atoms with Gasteiger partial charge in [0.15, 0.2) is 16.8 Å². The van der Waals surface area contributed by atoms with Crippen molar-refractivity contribution in [2.45, 2.75) is 0 Å². The lowest BCUT2D eigenvalue weighted by Gasteiger charge is -1.96. The lowest BCUT2D eigenvalue weighted by molar-refractivity contribution is 1.09. The molecule has 7 heteroatoms. The summed E-state index contributed by atoms with van der Waals surface area (Å²) < 4.78 is 1.59. The molecule has 7 nitrogen and oxygen atoms in total. The van der Waals surface area contributed by atoms with E-state index in [1.165, 1.54) is 6.33 Å². The second-order valence-electron chi connectivity index (χ2n) is 2.59. The first-order valence-corrected chi connectivity index (χ1v) is 3.64. The third-order valence-corrected chi connectivity index (χ3v) is 1.85. The van der Waals surface area contributed by atoms with Gasteiger partial charge in [-0.05, 0) is 0 Å². The second kappa shape index (κ2) is 1.94. The van der Waals surface area contributed by atoms with Gasteiger partial charge in [0.05, 0.1) is 6.33 Å². The molecule has 13 heavy (non-hydrogen) atoms. The molecule has 0 saturated carbocycles. The van der Waals surface area contributed by atoms with E-state index in [0.29, 0.717) is 22.8 Å². The van der Waals surface area contributed by atoms with E-state index in [0.717, 1.165) is 0 Å². The molecule has 0 unspecified atom stereocenters. The monoisotopic (exact) mass is 175 g/mol. The van der Waals surface area contributed by atoms with E-state index in [9.17, 15) is 0 Å². The highest BCUT2D eigenvalue weighted by molar-refractivity contribution is 5.85. The number of anilines is 1. The number of nitrogen functional groups attached to an aromatic ring is 1. The van der Waals surface area contributed by atoms with Crippen molar-refractivity contribution in [3.05, 3.63) is 12.7 Å². The topological polar surface area (TPSA) is 97.8 Å². The van der Waals surface area contributed by atoms with Crippen molar-refractivity contribution in [2.24, 2.45) is 0 Å². The van der Waals surface area contributed by atoms with Gasteiger partial charge < -0.3 is 10.7 Å². The summed E-state index contributed by atoms with van der Waals surface area (Å²) in [6.45, 7) is 0. The van der Waals surface area contributed by atoms with Crippen molar-refractivity contribution in [1.82, 2.24) is 29.5 Å². The third kappa shape index (κ3) is 0.675. The van der Waals surface area contributed by atoms with E-state index >= 15 is 0 Å². The van der Waals surface area contributed by atoms with Crippen molar-refractivity contribution in [3.8, 4) is 0 Å². The average molecular weight is 175 g/mol. The van der Waals surface area contributed by atoms with E-state index in [-0.39, 0.29) is 0 Å². The molecule has 0 fully saturated rings. The number of nitrogens with zero attached hydrogens (tertiary/aromatic N) is 5. The maximum atomic E-state index is 5.65. The molecule has 0 spiro atoms. The molecule has 3 heterocycles. The van der Waals surface area contributed by atoms with Crippen LogP contribution in [0, 0.1) is 0 Å². The van der Waals surface area contributed by atoms with E-state index < -0.39 is 0 Å². The first kappa shape index (κ1) is 6.35. The molecule has 0 saturated heterocycles. The van der Waals surface area contributed by atoms with E-state index in [2.05, 4.69) is 25.1 Å². The quantitative estimate of drug-likeness (QED) is 0.483. The fourth-order valence-corrected chi connectivity index (χ4v) is 1.27. The lowest BCUT2D eigenvalue weighted by Crippen LogP contribution is -1.99. The molecule has 0 amide bonds. The van der Waals surface area contributed by atoms with Gasteiger partial charge in [-0.1, -0.05) is 0 Å². The van der Waals surface area contributed by atoms with Gasteiger partial charge in [-0.3, -0.25) is 0 Å². The van der Waals surface area contributed by atoms with Crippen LogP contribution >= 0.6 is 0 Å². The Bertz CT molecular complexity index is 577. The Morgan fingerprint density at radius 3 is 3.31 bits per heavy atom. The molecule has 3 N–H and O–H groups in total. The molecular formula is C6H5N7. The average Bonchev–Trinajstić information content (AvgIpc) is 2.66. The van der Waals surface area contributed by atoms with Crippen LogP contribution in [0.15, 0.2) is 12.7 Å². The fourth-order valence-electron chi connectivity index (χ4n) is 1.27. The molecular weight excluding hydrogens is 170 g/mol. The standard InChI is InChI=1S/C6H5N7/c7-6-11-4-3(8-1-9-4)5-12-10-2-13(5)6/h1-2H,(H2,7,11)(H,8,9). The fraction of sp³-hybridized carbons (Fsp3) is 0. The van der Waals surface area contributed by atoms with Crippen molar-refractivity contribution in [3.63, 3.8) is 0 Å². The van der Waals surface area contributed by atoms with Gasteiger partial charge in [-0.2, -0.15) is 4.98 Å². The van der Waals surface area contributed by atoms with Crippen LogP contribution in [0.3, 0.4) is 0 Å². The number of aromatic nitrogens is 6. The van der Waals surface area contributed by atoms with Crippen molar-refractivity contribution < 1.29 is 0 Å². The summed E-state index contributed by atoms with van der Waals surface area (Å²) in [5.41, 5.74) is 7.56. The molecule has 3 rings (SSSR count). The van der Waals surface area contributed by atoms with Crippen molar-refractivity contribution in [1.29, 1.82) is 0 Å². The summed E-state index contributed by atoms with van der Waals surface area (Å²) in [4.78, 5) is 11.0. The van der Waals surface area contributed by atoms with E-state index in [1.807, 2.05) is 0 Å². The number of hydrogen-bond donors (Lipinski definition) is 2. The molecule has 0 aliphatic carbocycles. The number of aromatic amines is 1. The Balaban J connectivity index is 2.70. The van der Waals surface area contributed by atoms with Crippen LogP contribution in [0.25, 0.3) is 16.8 Å². The van der Waals surface area contributed by atoms with Crippen LogP contribution in [-0.2, 0) is 0 Å². The Morgan fingerprint density at radius 2 is 2.38 bits per heavy atom. The zero-order valence-electron chi connectivity index (χ0n) is 6.47. The Labute approximate surface area is 71.6 Å². The minimum absolute atomic E-state index is 0.344. The molecule has 0 aliphatic rings. The zero-order valence-corrected chi connectivity index (χ0v) is 6.47. The lowest BCUT2D eigenvalue weighted by atomic mass is 10.5. The van der Waals surface area contributed by atoms with Crippen LogP contribution in [0.1, 0.15) is 0 Å².